The quantitative estimate of drug-likeness (QED) is 0.767. The van der Waals surface area contributed by atoms with E-state index >= 15 is 0 Å². The predicted octanol–water partition coefficient (Wildman–Crippen LogP) is 3.48. The van der Waals surface area contributed by atoms with Crippen LogP contribution < -0.4 is 4.74 Å². The lowest BCUT2D eigenvalue weighted by atomic mass is 10.2. The average Bonchev–Trinajstić information content (AvgIpc) is 2.16. The Morgan fingerprint density at radius 2 is 2.06 bits per heavy atom. The van der Waals surface area contributed by atoms with Gasteiger partial charge in [-0.3, -0.25) is 4.79 Å². The zero-order valence-electron chi connectivity index (χ0n) is 8.05. The largest absolute Gasteiger partial charge is 0.493 e. The zero-order chi connectivity index (χ0) is 12.2. The SMILES string of the molecule is O=Cc1ccc(OCCC(F)(F)F)cc1Cl. The Bertz CT molecular complexity index is 377. The van der Waals surface area contributed by atoms with Crippen molar-refractivity contribution in [1.82, 2.24) is 0 Å². The van der Waals surface area contributed by atoms with Crippen LogP contribution in [0.2, 0.25) is 5.02 Å². The van der Waals surface area contributed by atoms with Crippen LogP contribution in [-0.2, 0) is 0 Å². The molecule has 16 heavy (non-hydrogen) atoms. The van der Waals surface area contributed by atoms with Gasteiger partial charge < -0.3 is 4.74 Å². The molecule has 0 amide bonds. The van der Waals surface area contributed by atoms with Crippen LogP contribution in [0.5, 0.6) is 5.75 Å². The first-order valence-corrected chi connectivity index (χ1v) is 4.74. The molecular formula is C10H8ClF3O2. The van der Waals surface area contributed by atoms with E-state index in [2.05, 4.69) is 0 Å². The van der Waals surface area contributed by atoms with Gasteiger partial charge in [0, 0.05) is 5.56 Å². The van der Waals surface area contributed by atoms with Crippen molar-refractivity contribution in [2.75, 3.05) is 6.61 Å². The lowest BCUT2D eigenvalue weighted by molar-refractivity contribution is -0.139. The van der Waals surface area contributed by atoms with Gasteiger partial charge in [0.15, 0.2) is 6.29 Å². The average molecular weight is 253 g/mol. The fraction of sp³-hybridized carbons (Fsp3) is 0.300. The van der Waals surface area contributed by atoms with Crippen molar-refractivity contribution < 1.29 is 22.7 Å². The molecule has 1 rings (SSSR count). The maximum atomic E-state index is 11.8. The summed E-state index contributed by atoms with van der Waals surface area (Å²) in [6.07, 6.45) is -4.71. The van der Waals surface area contributed by atoms with Crippen LogP contribution in [0.25, 0.3) is 0 Å². The standard InChI is InChI=1S/C10H8ClF3O2/c11-9-5-8(2-1-7(9)6-15)16-4-3-10(12,13)14/h1-2,5-6H,3-4H2. The van der Waals surface area contributed by atoms with Crippen molar-refractivity contribution in [3.8, 4) is 5.75 Å². The van der Waals surface area contributed by atoms with Crippen LogP contribution in [-0.4, -0.2) is 19.1 Å². The summed E-state index contributed by atoms with van der Waals surface area (Å²) >= 11 is 5.66. The molecule has 0 aromatic heterocycles. The normalized spacial score (nSPS) is 11.2. The molecule has 0 radical (unpaired) electrons. The first kappa shape index (κ1) is 12.8. The number of hydrogen-bond donors (Lipinski definition) is 0. The number of hydrogen-bond acceptors (Lipinski definition) is 2. The smallest absolute Gasteiger partial charge is 0.392 e. The summed E-state index contributed by atoms with van der Waals surface area (Å²) in [5.74, 6) is 0.208. The minimum atomic E-state index is -4.24. The second kappa shape index (κ2) is 5.21. The molecule has 1 aromatic carbocycles. The van der Waals surface area contributed by atoms with Crippen LogP contribution in [0.15, 0.2) is 18.2 Å². The van der Waals surface area contributed by atoms with Gasteiger partial charge in [-0.1, -0.05) is 11.6 Å². The minimum Gasteiger partial charge on any atom is -0.493 e. The van der Waals surface area contributed by atoms with Crippen LogP contribution in [0, 0.1) is 0 Å². The highest BCUT2D eigenvalue weighted by Crippen LogP contribution is 2.23. The van der Waals surface area contributed by atoms with Crippen molar-refractivity contribution in [3.05, 3.63) is 28.8 Å². The summed E-state index contributed by atoms with van der Waals surface area (Å²) in [7, 11) is 0. The Labute approximate surface area is 95.0 Å². The summed E-state index contributed by atoms with van der Waals surface area (Å²) in [5, 5.41) is 0.152. The highest BCUT2D eigenvalue weighted by Gasteiger charge is 2.26. The lowest BCUT2D eigenvalue weighted by Crippen LogP contribution is -2.13. The number of halogens is 4. The molecule has 0 fully saturated rings. The van der Waals surface area contributed by atoms with Gasteiger partial charge in [-0.25, -0.2) is 0 Å². The molecule has 0 atom stereocenters. The third-order valence-corrected chi connectivity index (χ3v) is 2.08. The van der Waals surface area contributed by atoms with E-state index in [-0.39, 0.29) is 16.3 Å². The van der Waals surface area contributed by atoms with Gasteiger partial charge in [-0.15, -0.1) is 0 Å². The minimum absolute atomic E-state index is 0.152. The number of benzene rings is 1. The van der Waals surface area contributed by atoms with E-state index < -0.39 is 19.2 Å². The van der Waals surface area contributed by atoms with Crippen molar-refractivity contribution in [2.24, 2.45) is 0 Å². The van der Waals surface area contributed by atoms with Crippen LogP contribution in [0.4, 0.5) is 13.2 Å². The molecule has 0 unspecified atom stereocenters. The first-order valence-electron chi connectivity index (χ1n) is 4.36. The van der Waals surface area contributed by atoms with Crippen molar-refractivity contribution in [2.45, 2.75) is 12.6 Å². The predicted molar refractivity (Wildman–Crippen MR) is 53.0 cm³/mol. The molecule has 0 saturated heterocycles. The van der Waals surface area contributed by atoms with Gasteiger partial charge in [0.1, 0.15) is 5.75 Å². The molecule has 6 heteroatoms. The van der Waals surface area contributed by atoms with Crippen molar-refractivity contribution in [1.29, 1.82) is 0 Å². The van der Waals surface area contributed by atoms with Crippen LogP contribution in [0.1, 0.15) is 16.8 Å². The number of rotatable bonds is 4. The molecule has 0 heterocycles. The Balaban J connectivity index is 2.55. The van der Waals surface area contributed by atoms with Gasteiger partial charge in [-0.05, 0) is 18.2 Å². The van der Waals surface area contributed by atoms with E-state index in [9.17, 15) is 18.0 Å². The Kier molecular flexibility index (Phi) is 4.18. The molecule has 0 spiro atoms. The summed E-state index contributed by atoms with van der Waals surface area (Å²) in [6.45, 7) is -0.472. The first-order chi connectivity index (χ1) is 7.42. The van der Waals surface area contributed by atoms with Crippen molar-refractivity contribution >= 4 is 17.9 Å². The van der Waals surface area contributed by atoms with E-state index in [1.165, 1.54) is 18.2 Å². The fourth-order valence-corrected chi connectivity index (χ4v) is 1.19. The molecule has 2 nitrogen and oxygen atoms in total. The highest BCUT2D eigenvalue weighted by molar-refractivity contribution is 6.33. The number of ether oxygens (including phenoxy) is 1. The van der Waals surface area contributed by atoms with Gasteiger partial charge >= 0.3 is 6.18 Å². The number of alkyl halides is 3. The van der Waals surface area contributed by atoms with E-state index in [1.807, 2.05) is 0 Å². The molecular weight excluding hydrogens is 245 g/mol. The second-order valence-corrected chi connectivity index (χ2v) is 3.42. The molecule has 0 aliphatic rings. The molecule has 0 bridgehead atoms. The number of aldehydes is 1. The molecule has 1 aromatic rings. The summed E-state index contributed by atoms with van der Waals surface area (Å²) in [5.41, 5.74) is 0.268. The Morgan fingerprint density at radius 3 is 2.56 bits per heavy atom. The fourth-order valence-electron chi connectivity index (χ4n) is 0.978. The number of carbonyl (C=O) groups is 1. The third kappa shape index (κ3) is 4.10. The van der Waals surface area contributed by atoms with E-state index in [4.69, 9.17) is 16.3 Å². The summed E-state index contributed by atoms with van der Waals surface area (Å²) in [4.78, 5) is 10.4. The maximum absolute atomic E-state index is 11.8. The Hall–Kier alpha value is -1.23. The van der Waals surface area contributed by atoms with E-state index in [0.717, 1.165) is 0 Å². The van der Waals surface area contributed by atoms with Gasteiger partial charge in [0.2, 0.25) is 0 Å². The van der Waals surface area contributed by atoms with Crippen LogP contribution in [0.3, 0.4) is 0 Å². The summed E-state index contributed by atoms with van der Waals surface area (Å²) in [6, 6.07) is 4.09. The number of carbonyl (C=O) groups excluding carboxylic acids is 1. The lowest BCUT2D eigenvalue weighted by Gasteiger charge is -2.09. The topological polar surface area (TPSA) is 26.3 Å². The molecule has 0 aliphatic heterocycles. The Morgan fingerprint density at radius 1 is 1.38 bits per heavy atom. The van der Waals surface area contributed by atoms with E-state index in [1.54, 1.807) is 0 Å². The molecule has 88 valence electrons. The van der Waals surface area contributed by atoms with Crippen molar-refractivity contribution in [3.63, 3.8) is 0 Å². The maximum Gasteiger partial charge on any atom is 0.392 e. The highest BCUT2D eigenvalue weighted by atomic mass is 35.5. The van der Waals surface area contributed by atoms with Gasteiger partial charge in [0.25, 0.3) is 0 Å². The van der Waals surface area contributed by atoms with E-state index in [0.29, 0.717) is 6.29 Å². The van der Waals surface area contributed by atoms with Gasteiger partial charge in [-0.2, -0.15) is 13.2 Å². The molecule has 0 aliphatic carbocycles. The second-order valence-electron chi connectivity index (χ2n) is 3.01. The molecule has 0 N–H and O–H groups in total. The zero-order valence-corrected chi connectivity index (χ0v) is 8.81. The third-order valence-electron chi connectivity index (χ3n) is 1.75. The monoisotopic (exact) mass is 252 g/mol. The van der Waals surface area contributed by atoms with Gasteiger partial charge in [0.05, 0.1) is 18.1 Å². The molecule has 0 saturated carbocycles. The van der Waals surface area contributed by atoms with Crippen LogP contribution >= 0.6 is 11.6 Å². The summed E-state index contributed by atoms with van der Waals surface area (Å²) < 4.78 is 40.3.